The zero-order chi connectivity index (χ0) is 15.8. The number of nitrogens with zero attached hydrogens (tertiary/aromatic N) is 2. The molecule has 2 heterocycles. The Hall–Kier alpha value is -2.72. The first-order chi connectivity index (χ1) is 11.2. The number of hydrogen-bond donors (Lipinski definition) is 1. The number of carbonyl (C=O) groups is 1. The summed E-state index contributed by atoms with van der Waals surface area (Å²) in [6.07, 6.45) is 4.30. The van der Waals surface area contributed by atoms with Crippen LogP contribution in [-0.2, 0) is 6.42 Å². The van der Waals surface area contributed by atoms with Gasteiger partial charge in [-0.15, -0.1) is 0 Å². The molecule has 0 saturated carbocycles. The minimum atomic E-state index is -0.0366. The highest BCUT2D eigenvalue weighted by molar-refractivity contribution is 6.14. The Labute approximate surface area is 134 Å². The van der Waals surface area contributed by atoms with Crippen LogP contribution in [0.15, 0.2) is 60.9 Å². The molecule has 1 amide bonds. The minimum absolute atomic E-state index is 0.00981. The lowest BCUT2D eigenvalue weighted by molar-refractivity contribution is 0.0985. The van der Waals surface area contributed by atoms with Gasteiger partial charge in [0.25, 0.3) is 5.91 Å². The molecule has 0 fully saturated rings. The highest BCUT2D eigenvalue weighted by Crippen LogP contribution is 2.29. The molecule has 4 nitrogen and oxygen atoms in total. The lowest BCUT2D eigenvalue weighted by atomic mass is 9.97. The first kappa shape index (κ1) is 13.9. The predicted octanol–water partition coefficient (Wildman–Crippen LogP) is 2.77. The van der Waals surface area contributed by atoms with Crippen LogP contribution in [0, 0.1) is 0 Å². The zero-order valence-corrected chi connectivity index (χ0v) is 12.6. The summed E-state index contributed by atoms with van der Waals surface area (Å²) in [6.45, 7) is 0.539. The van der Waals surface area contributed by atoms with Crippen molar-refractivity contribution in [1.82, 2.24) is 4.98 Å². The van der Waals surface area contributed by atoms with Crippen molar-refractivity contribution in [2.75, 3.05) is 11.4 Å². The number of anilines is 1. The van der Waals surface area contributed by atoms with Gasteiger partial charge in [0, 0.05) is 41.6 Å². The van der Waals surface area contributed by atoms with Gasteiger partial charge < -0.3 is 10.6 Å². The Morgan fingerprint density at radius 2 is 2.00 bits per heavy atom. The van der Waals surface area contributed by atoms with E-state index in [1.807, 2.05) is 48.5 Å². The fourth-order valence-electron chi connectivity index (χ4n) is 3.27. The van der Waals surface area contributed by atoms with Gasteiger partial charge in [0.15, 0.2) is 0 Å². The van der Waals surface area contributed by atoms with Crippen molar-refractivity contribution in [1.29, 1.82) is 0 Å². The fraction of sp³-hybridized carbons (Fsp3) is 0.158. The van der Waals surface area contributed by atoms with Crippen molar-refractivity contribution in [3.05, 3.63) is 72.1 Å². The van der Waals surface area contributed by atoms with Gasteiger partial charge in [0.05, 0.1) is 0 Å². The number of nitrogens with two attached hydrogens (primary N) is 1. The molecule has 1 atom stereocenters. The normalized spacial score (nSPS) is 17.1. The molecule has 4 rings (SSSR count). The third-order valence-electron chi connectivity index (χ3n) is 4.34. The Balaban J connectivity index is 1.83. The van der Waals surface area contributed by atoms with E-state index in [-0.39, 0.29) is 11.9 Å². The molecule has 1 aromatic heterocycles. The van der Waals surface area contributed by atoms with Crippen molar-refractivity contribution in [3.63, 3.8) is 0 Å². The van der Waals surface area contributed by atoms with E-state index in [9.17, 15) is 4.79 Å². The SMILES string of the molecule is NC1Cc2ccccc2N(C(=O)c2cccc3cnccc23)C1. The van der Waals surface area contributed by atoms with Crippen LogP contribution in [0.2, 0.25) is 0 Å². The molecule has 1 aliphatic rings. The van der Waals surface area contributed by atoms with Gasteiger partial charge in [0.1, 0.15) is 0 Å². The molecule has 114 valence electrons. The molecule has 0 radical (unpaired) electrons. The fourth-order valence-corrected chi connectivity index (χ4v) is 3.27. The van der Waals surface area contributed by atoms with E-state index in [1.165, 1.54) is 0 Å². The molecule has 3 aromatic rings. The van der Waals surface area contributed by atoms with Crippen LogP contribution in [0.25, 0.3) is 10.8 Å². The van der Waals surface area contributed by atoms with Gasteiger partial charge in [-0.25, -0.2) is 0 Å². The van der Waals surface area contributed by atoms with Crippen molar-refractivity contribution in [3.8, 4) is 0 Å². The van der Waals surface area contributed by atoms with Crippen molar-refractivity contribution < 1.29 is 4.79 Å². The topological polar surface area (TPSA) is 59.2 Å². The van der Waals surface area contributed by atoms with E-state index in [0.717, 1.165) is 28.4 Å². The van der Waals surface area contributed by atoms with Crippen LogP contribution < -0.4 is 10.6 Å². The lowest BCUT2D eigenvalue weighted by Gasteiger charge is -2.33. The van der Waals surface area contributed by atoms with E-state index in [2.05, 4.69) is 4.98 Å². The first-order valence-corrected chi connectivity index (χ1v) is 7.72. The van der Waals surface area contributed by atoms with E-state index in [0.29, 0.717) is 12.1 Å². The number of pyridine rings is 1. The smallest absolute Gasteiger partial charge is 0.258 e. The molecular weight excluding hydrogens is 286 g/mol. The number of rotatable bonds is 1. The quantitative estimate of drug-likeness (QED) is 0.752. The van der Waals surface area contributed by atoms with Crippen LogP contribution in [0.5, 0.6) is 0 Å². The maximum absolute atomic E-state index is 13.2. The predicted molar refractivity (Wildman–Crippen MR) is 91.5 cm³/mol. The number of amides is 1. The third kappa shape index (κ3) is 2.37. The molecule has 2 aromatic carbocycles. The van der Waals surface area contributed by atoms with Crippen LogP contribution >= 0.6 is 0 Å². The van der Waals surface area contributed by atoms with Crippen LogP contribution in [0.4, 0.5) is 5.69 Å². The summed E-state index contributed by atoms with van der Waals surface area (Å²) < 4.78 is 0. The molecular formula is C19H17N3O. The van der Waals surface area contributed by atoms with Crippen molar-refractivity contribution in [2.24, 2.45) is 5.73 Å². The molecule has 0 saturated heterocycles. The van der Waals surface area contributed by atoms with Gasteiger partial charge in [-0.05, 0) is 35.6 Å². The number of hydrogen-bond acceptors (Lipinski definition) is 3. The number of carbonyl (C=O) groups excluding carboxylic acids is 1. The molecule has 4 heteroatoms. The van der Waals surface area contributed by atoms with Crippen LogP contribution in [0.3, 0.4) is 0 Å². The van der Waals surface area contributed by atoms with E-state index in [4.69, 9.17) is 5.73 Å². The maximum atomic E-state index is 13.2. The molecule has 2 N–H and O–H groups in total. The summed E-state index contributed by atoms with van der Waals surface area (Å²) in [6, 6.07) is 15.6. The summed E-state index contributed by atoms with van der Waals surface area (Å²) in [5, 5.41) is 1.89. The largest absolute Gasteiger partial charge is 0.326 e. The maximum Gasteiger partial charge on any atom is 0.258 e. The van der Waals surface area contributed by atoms with Crippen molar-refractivity contribution in [2.45, 2.75) is 12.5 Å². The van der Waals surface area contributed by atoms with E-state index in [1.54, 1.807) is 17.3 Å². The average Bonchev–Trinajstić information content (AvgIpc) is 2.60. The summed E-state index contributed by atoms with van der Waals surface area (Å²) >= 11 is 0. The van der Waals surface area contributed by atoms with Crippen molar-refractivity contribution >= 4 is 22.4 Å². The number of benzene rings is 2. The zero-order valence-electron chi connectivity index (χ0n) is 12.6. The Bertz CT molecular complexity index is 885. The van der Waals surface area contributed by atoms with E-state index < -0.39 is 0 Å². The average molecular weight is 303 g/mol. The van der Waals surface area contributed by atoms with E-state index >= 15 is 0 Å². The Morgan fingerprint density at radius 1 is 1.13 bits per heavy atom. The Morgan fingerprint density at radius 3 is 2.91 bits per heavy atom. The molecule has 0 spiro atoms. The lowest BCUT2D eigenvalue weighted by Crippen LogP contribution is -2.46. The summed E-state index contributed by atoms with van der Waals surface area (Å²) in [4.78, 5) is 19.1. The second-order valence-electron chi connectivity index (χ2n) is 5.91. The second kappa shape index (κ2) is 5.48. The third-order valence-corrected chi connectivity index (χ3v) is 4.34. The van der Waals surface area contributed by atoms with Gasteiger partial charge in [-0.3, -0.25) is 9.78 Å². The molecule has 0 bridgehead atoms. The molecule has 0 aliphatic carbocycles. The summed E-state index contributed by atoms with van der Waals surface area (Å²) in [5.41, 5.74) is 8.94. The van der Waals surface area contributed by atoms with Gasteiger partial charge >= 0.3 is 0 Å². The highest BCUT2D eigenvalue weighted by Gasteiger charge is 2.27. The standard InChI is InChI=1S/C19H17N3O/c20-15-10-13-4-1-2-7-18(13)22(12-15)19(23)17-6-3-5-14-11-21-9-8-16(14)17/h1-9,11,15H,10,12,20H2. The molecule has 23 heavy (non-hydrogen) atoms. The van der Waals surface area contributed by atoms with Crippen LogP contribution in [0.1, 0.15) is 15.9 Å². The number of para-hydroxylation sites is 1. The summed E-state index contributed by atoms with van der Waals surface area (Å²) in [7, 11) is 0. The van der Waals surface area contributed by atoms with Crippen LogP contribution in [-0.4, -0.2) is 23.5 Å². The minimum Gasteiger partial charge on any atom is -0.326 e. The first-order valence-electron chi connectivity index (χ1n) is 7.72. The number of aromatic nitrogens is 1. The Kier molecular flexibility index (Phi) is 3.32. The highest BCUT2D eigenvalue weighted by atomic mass is 16.2. The van der Waals surface area contributed by atoms with Gasteiger partial charge in [-0.2, -0.15) is 0 Å². The summed E-state index contributed by atoms with van der Waals surface area (Å²) in [5.74, 6) is -0.00981. The second-order valence-corrected chi connectivity index (χ2v) is 5.91. The molecule has 1 unspecified atom stereocenters. The molecule has 1 aliphatic heterocycles. The van der Waals surface area contributed by atoms with Gasteiger partial charge in [0.2, 0.25) is 0 Å². The monoisotopic (exact) mass is 303 g/mol. The number of fused-ring (bicyclic) bond motifs is 2. The van der Waals surface area contributed by atoms with Gasteiger partial charge in [-0.1, -0.05) is 30.3 Å².